The van der Waals surface area contributed by atoms with E-state index >= 15 is 0 Å². The van der Waals surface area contributed by atoms with Crippen LogP contribution < -0.4 is 5.32 Å². The van der Waals surface area contributed by atoms with Crippen LogP contribution in [0.25, 0.3) is 0 Å². The molecule has 2 heterocycles. The number of ether oxygens (including phenoxy) is 1. The van der Waals surface area contributed by atoms with Gasteiger partial charge >= 0.3 is 0 Å². The molecule has 3 atom stereocenters. The molecule has 3 unspecified atom stereocenters. The average Bonchev–Trinajstić information content (AvgIpc) is 2.35. The largest absolute Gasteiger partial charge is 0.393 e. The molecule has 3 nitrogen and oxygen atoms in total. The maximum absolute atomic E-state index is 10.1. The van der Waals surface area contributed by atoms with E-state index in [1.807, 2.05) is 0 Å². The number of rotatable bonds is 1. The minimum atomic E-state index is -0.164. The number of aliphatic hydroxyl groups excluding tert-OH is 1. The van der Waals surface area contributed by atoms with Gasteiger partial charge in [-0.25, -0.2) is 0 Å². The Kier molecular flexibility index (Phi) is 3.06. The Morgan fingerprint density at radius 3 is 2.44 bits per heavy atom. The topological polar surface area (TPSA) is 41.5 Å². The first-order valence-corrected chi connectivity index (χ1v) is 6.41. The van der Waals surface area contributed by atoms with E-state index in [1.54, 1.807) is 0 Å². The Bertz CT molecular complexity index is 263. The van der Waals surface area contributed by atoms with Crippen LogP contribution in [0.1, 0.15) is 40.5 Å². The van der Waals surface area contributed by atoms with Gasteiger partial charge < -0.3 is 15.2 Å². The van der Waals surface area contributed by atoms with Crippen molar-refractivity contribution in [3.8, 4) is 0 Å². The van der Waals surface area contributed by atoms with Crippen LogP contribution in [-0.2, 0) is 4.74 Å². The predicted molar refractivity (Wildman–Crippen MR) is 64.3 cm³/mol. The molecule has 0 aromatic rings. The molecule has 2 aliphatic rings. The fourth-order valence-electron chi connectivity index (χ4n) is 3.55. The minimum absolute atomic E-state index is 0.0503. The van der Waals surface area contributed by atoms with Crippen molar-refractivity contribution < 1.29 is 9.84 Å². The molecule has 2 rings (SSSR count). The molecule has 94 valence electrons. The van der Waals surface area contributed by atoms with Gasteiger partial charge in [0, 0.05) is 12.5 Å². The summed E-state index contributed by atoms with van der Waals surface area (Å²) in [7, 11) is 0. The van der Waals surface area contributed by atoms with E-state index in [0.717, 1.165) is 25.9 Å². The quantitative estimate of drug-likeness (QED) is 0.714. The zero-order chi connectivity index (χ0) is 12.0. The molecule has 0 spiro atoms. The lowest BCUT2D eigenvalue weighted by atomic mass is 9.73. The molecule has 0 bridgehead atoms. The van der Waals surface area contributed by atoms with E-state index in [2.05, 4.69) is 33.0 Å². The number of hydrogen-bond acceptors (Lipinski definition) is 3. The Balaban J connectivity index is 2.13. The molecule has 2 N–H and O–H groups in total. The summed E-state index contributed by atoms with van der Waals surface area (Å²) in [6.45, 7) is 10.5. The average molecular weight is 227 g/mol. The van der Waals surface area contributed by atoms with Crippen molar-refractivity contribution >= 4 is 0 Å². The van der Waals surface area contributed by atoms with Crippen LogP contribution in [0.5, 0.6) is 0 Å². The number of piperidine rings is 1. The first-order chi connectivity index (χ1) is 7.32. The van der Waals surface area contributed by atoms with E-state index in [-0.39, 0.29) is 17.3 Å². The van der Waals surface area contributed by atoms with E-state index in [0.29, 0.717) is 11.8 Å². The lowest BCUT2D eigenvalue weighted by molar-refractivity contribution is -0.0891. The standard InChI is InChI=1S/C13H25NO2/c1-12(2)7-10(13(3,4)16-12)9-8-14-6-5-11(9)15/h9-11,14-15H,5-8H2,1-4H3. The van der Waals surface area contributed by atoms with Gasteiger partial charge in [-0.2, -0.15) is 0 Å². The summed E-state index contributed by atoms with van der Waals surface area (Å²) in [5.74, 6) is 0.788. The van der Waals surface area contributed by atoms with Crippen LogP contribution in [0, 0.1) is 11.8 Å². The zero-order valence-corrected chi connectivity index (χ0v) is 10.9. The Morgan fingerprint density at radius 2 is 1.94 bits per heavy atom. The molecule has 2 saturated heterocycles. The SMILES string of the molecule is CC1(C)CC(C2CNCCC2O)C(C)(C)O1. The minimum Gasteiger partial charge on any atom is -0.393 e. The van der Waals surface area contributed by atoms with Crippen LogP contribution in [0.15, 0.2) is 0 Å². The molecule has 3 heteroatoms. The highest BCUT2D eigenvalue weighted by Gasteiger charge is 2.50. The van der Waals surface area contributed by atoms with Gasteiger partial charge in [0.05, 0.1) is 17.3 Å². The lowest BCUT2D eigenvalue weighted by Gasteiger charge is -2.38. The van der Waals surface area contributed by atoms with Gasteiger partial charge in [-0.3, -0.25) is 0 Å². The molecule has 0 saturated carbocycles. The van der Waals surface area contributed by atoms with Gasteiger partial charge in [0.1, 0.15) is 0 Å². The predicted octanol–water partition coefficient (Wildman–Crippen LogP) is 1.55. The second kappa shape index (κ2) is 3.97. The van der Waals surface area contributed by atoms with Crippen molar-refractivity contribution in [2.45, 2.75) is 57.8 Å². The highest BCUT2D eigenvalue weighted by Crippen LogP contribution is 2.46. The van der Waals surface area contributed by atoms with Crippen LogP contribution in [0.2, 0.25) is 0 Å². The van der Waals surface area contributed by atoms with Crippen molar-refractivity contribution in [1.82, 2.24) is 5.32 Å². The van der Waals surface area contributed by atoms with Crippen LogP contribution >= 0.6 is 0 Å². The number of aliphatic hydroxyl groups is 1. The van der Waals surface area contributed by atoms with Gasteiger partial charge in [-0.1, -0.05) is 0 Å². The normalized spacial score (nSPS) is 42.2. The first-order valence-electron chi connectivity index (χ1n) is 6.41. The van der Waals surface area contributed by atoms with Gasteiger partial charge in [0.25, 0.3) is 0 Å². The van der Waals surface area contributed by atoms with Gasteiger partial charge in [-0.15, -0.1) is 0 Å². The molecule has 0 radical (unpaired) electrons. The second-order valence-electron chi connectivity index (χ2n) is 6.50. The Morgan fingerprint density at radius 1 is 1.25 bits per heavy atom. The molecule has 2 aliphatic heterocycles. The van der Waals surface area contributed by atoms with Crippen LogP contribution in [0.3, 0.4) is 0 Å². The molecule has 0 aromatic carbocycles. The fourth-order valence-corrected chi connectivity index (χ4v) is 3.55. The molecule has 0 aliphatic carbocycles. The van der Waals surface area contributed by atoms with Gasteiger partial charge in [0.15, 0.2) is 0 Å². The highest BCUT2D eigenvalue weighted by molar-refractivity contribution is 5.00. The smallest absolute Gasteiger partial charge is 0.0666 e. The lowest BCUT2D eigenvalue weighted by Crippen LogP contribution is -2.48. The van der Waals surface area contributed by atoms with E-state index in [1.165, 1.54) is 0 Å². The molecule has 2 fully saturated rings. The third-order valence-electron chi connectivity index (χ3n) is 4.15. The van der Waals surface area contributed by atoms with Crippen molar-refractivity contribution in [2.24, 2.45) is 11.8 Å². The van der Waals surface area contributed by atoms with Crippen molar-refractivity contribution in [2.75, 3.05) is 13.1 Å². The summed E-state index contributed by atoms with van der Waals surface area (Å²) in [5, 5.41) is 13.5. The fraction of sp³-hybridized carbons (Fsp3) is 1.00. The highest BCUT2D eigenvalue weighted by atomic mass is 16.5. The van der Waals surface area contributed by atoms with E-state index in [4.69, 9.17) is 4.74 Å². The maximum Gasteiger partial charge on any atom is 0.0666 e. The van der Waals surface area contributed by atoms with Crippen molar-refractivity contribution in [3.05, 3.63) is 0 Å². The first kappa shape index (κ1) is 12.3. The second-order valence-corrected chi connectivity index (χ2v) is 6.50. The van der Waals surface area contributed by atoms with Crippen molar-refractivity contribution in [1.29, 1.82) is 0 Å². The molecule has 0 aromatic heterocycles. The van der Waals surface area contributed by atoms with Crippen LogP contribution in [0.4, 0.5) is 0 Å². The van der Waals surface area contributed by atoms with Gasteiger partial charge in [0.2, 0.25) is 0 Å². The Hall–Kier alpha value is -0.120. The summed E-state index contributed by atoms with van der Waals surface area (Å²) < 4.78 is 6.11. The summed E-state index contributed by atoms with van der Waals surface area (Å²) in [5.41, 5.74) is -0.167. The molecule has 16 heavy (non-hydrogen) atoms. The number of hydrogen-bond donors (Lipinski definition) is 2. The third kappa shape index (κ3) is 2.27. The zero-order valence-electron chi connectivity index (χ0n) is 10.9. The summed E-state index contributed by atoms with van der Waals surface area (Å²) in [6, 6.07) is 0. The van der Waals surface area contributed by atoms with E-state index in [9.17, 15) is 5.11 Å². The number of nitrogens with one attached hydrogen (secondary N) is 1. The summed E-state index contributed by atoms with van der Waals surface area (Å²) in [4.78, 5) is 0. The third-order valence-corrected chi connectivity index (χ3v) is 4.15. The summed E-state index contributed by atoms with van der Waals surface area (Å²) >= 11 is 0. The molecular weight excluding hydrogens is 202 g/mol. The summed E-state index contributed by atoms with van der Waals surface area (Å²) in [6.07, 6.45) is 1.75. The maximum atomic E-state index is 10.1. The van der Waals surface area contributed by atoms with E-state index < -0.39 is 0 Å². The van der Waals surface area contributed by atoms with Gasteiger partial charge in [-0.05, 0) is 53.0 Å². The monoisotopic (exact) mass is 227 g/mol. The van der Waals surface area contributed by atoms with Crippen LogP contribution in [-0.4, -0.2) is 35.5 Å². The van der Waals surface area contributed by atoms with Crippen molar-refractivity contribution in [3.63, 3.8) is 0 Å². The molecule has 0 amide bonds. The Labute approximate surface area is 98.6 Å². The molecular formula is C13H25NO2.